The zero-order chi connectivity index (χ0) is 14.7. The summed E-state index contributed by atoms with van der Waals surface area (Å²) in [4.78, 5) is 16.5. The van der Waals surface area contributed by atoms with Gasteiger partial charge in [-0.1, -0.05) is 13.0 Å². The Morgan fingerprint density at radius 1 is 1.50 bits per heavy atom. The molecular weight excluding hydrogens is 274 g/mol. The van der Waals surface area contributed by atoms with E-state index in [1.165, 1.54) is 0 Å². The van der Waals surface area contributed by atoms with Gasteiger partial charge in [0.25, 0.3) is 0 Å². The van der Waals surface area contributed by atoms with Gasteiger partial charge < -0.3 is 9.88 Å². The van der Waals surface area contributed by atoms with Crippen LogP contribution in [-0.4, -0.2) is 22.0 Å². The quantitative estimate of drug-likeness (QED) is 0.861. The molecule has 20 heavy (non-hydrogen) atoms. The number of imidazole rings is 1. The first kappa shape index (κ1) is 14.9. The summed E-state index contributed by atoms with van der Waals surface area (Å²) < 4.78 is 1.91. The fourth-order valence-corrected chi connectivity index (χ4v) is 2.35. The lowest BCUT2D eigenvalue weighted by molar-refractivity contribution is -0.121. The van der Waals surface area contributed by atoms with Crippen LogP contribution in [0.2, 0.25) is 0 Å². The molecule has 1 atom stereocenters. The molecule has 1 aromatic heterocycles. The average molecular weight is 294 g/mol. The minimum Gasteiger partial charge on any atom is -0.355 e. The monoisotopic (exact) mass is 293 g/mol. The molecule has 0 saturated heterocycles. The van der Waals surface area contributed by atoms with E-state index in [0.717, 1.165) is 28.8 Å². The van der Waals surface area contributed by atoms with Crippen LogP contribution in [0.25, 0.3) is 11.0 Å². The molecule has 2 aromatic rings. The van der Waals surface area contributed by atoms with Crippen molar-refractivity contribution in [1.29, 1.82) is 0 Å². The molecule has 0 aliphatic carbocycles. The molecule has 1 amide bonds. The first-order chi connectivity index (χ1) is 9.52. The summed E-state index contributed by atoms with van der Waals surface area (Å²) in [5.41, 5.74) is 2.97. The van der Waals surface area contributed by atoms with Crippen LogP contribution in [0.4, 0.5) is 0 Å². The third-order valence-corrected chi connectivity index (χ3v) is 3.36. The third-order valence-electron chi connectivity index (χ3n) is 3.16. The molecule has 1 unspecified atom stereocenters. The van der Waals surface area contributed by atoms with Crippen molar-refractivity contribution in [2.45, 2.75) is 39.1 Å². The van der Waals surface area contributed by atoms with Crippen molar-refractivity contribution in [3.8, 4) is 0 Å². The Hall–Kier alpha value is -1.55. The van der Waals surface area contributed by atoms with Crippen LogP contribution in [0.5, 0.6) is 0 Å². The second kappa shape index (κ2) is 6.27. The van der Waals surface area contributed by atoms with Gasteiger partial charge in [0.1, 0.15) is 12.4 Å². The Balaban J connectivity index is 2.40. The molecule has 4 nitrogen and oxygen atoms in total. The summed E-state index contributed by atoms with van der Waals surface area (Å²) in [6.07, 6.45) is 0.925. The number of hydrogen-bond acceptors (Lipinski definition) is 2. The molecule has 1 heterocycles. The summed E-state index contributed by atoms with van der Waals surface area (Å²) in [5, 5.41) is 2.65. The SMILES string of the molecule is CCCNC(=O)Cn1c(C(C)Cl)nc2ccc(C)cc21. The van der Waals surface area contributed by atoms with Gasteiger partial charge in [-0.2, -0.15) is 0 Å². The van der Waals surface area contributed by atoms with Gasteiger partial charge in [-0.25, -0.2) is 4.98 Å². The number of aromatic nitrogens is 2. The number of amides is 1. The Morgan fingerprint density at radius 2 is 2.25 bits per heavy atom. The highest BCUT2D eigenvalue weighted by Gasteiger charge is 2.17. The van der Waals surface area contributed by atoms with Gasteiger partial charge in [0.2, 0.25) is 5.91 Å². The molecule has 0 spiro atoms. The maximum atomic E-state index is 12.0. The van der Waals surface area contributed by atoms with Crippen LogP contribution in [0, 0.1) is 6.92 Å². The molecule has 0 aliphatic rings. The van der Waals surface area contributed by atoms with Crippen LogP contribution >= 0.6 is 11.6 Å². The molecule has 1 aromatic carbocycles. The van der Waals surface area contributed by atoms with Crippen LogP contribution in [-0.2, 0) is 11.3 Å². The lowest BCUT2D eigenvalue weighted by Gasteiger charge is -2.10. The van der Waals surface area contributed by atoms with Crippen molar-refractivity contribution < 1.29 is 4.79 Å². The lowest BCUT2D eigenvalue weighted by Crippen LogP contribution is -2.28. The van der Waals surface area contributed by atoms with E-state index >= 15 is 0 Å². The standard InChI is InChI=1S/C15H20ClN3O/c1-4-7-17-14(20)9-19-13-8-10(2)5-6-12(13)18-15(19)11(3)16/h5-6,8,11H,4,7,9H2,1-3H3,(H,17,20). The fraction of sp³-hybridized carbons (Fsp3) is 0.467. The summed E-state index contributed by atoms with van der Waals surface area (Å²) in [7, 11) is 0. The predicted octanol–water partition coefficient (Wildman–Crippen LogP) is 3.17. The number of halogens is 1. The van der Waals surface area contributed by atoms with Crippen molar-refractivity contribution >= 4 is 28.5 Å². The number of alkyl halides is 1. The smallest absolute Gasteiger partial charge is 0.240 e. The van der Waals surface area contributed by atoms with Crippen molar-refractivity contribution in [2.75, 3.05) is 6.54 Å². The van der Waals surface area contributed by atoms with Gasteiger partial charge in [-0.15, -0.1) is 11.6 Å². The molecule has 1 N–H and O–H groups in total. The van der Waals surface area contributed by atoms with Gasteiger partial charge >= 0.3 is 0 Å². The minimum atomic E-state index is -0.235. The lowest BCUT2D eigenvalue weighted by atomic mass is 10.2. The number of fused-ring (bicyclic) bond motifs is 1. The highest BCUT2D eigenvalue weighted by Crippen LogP contribution is 2.25. The van der Waals surface area contributed by atoms with E-state index in [9.17, 15) is 4.79 Å². The molecule has 0 aliphatic heterocycles. The fourth-order valence-electron chi connectivity index (χ4n) is 2.19. The zero-order valence-electron chi connectivity index (χ0n) is 12.1. The highest BCUT2D eigenvalue weighted by atomic mass is 35.5. The maximum Gasteiger partial charge on any atom is 0.240 e. The van der Waals surface area contributed by atoms with Gasteiger partial charge in [0, 0.05) is 6.54 Å². The number of rotatable bonds is 5. The van der Waals surface area contributed by atoms with Crippen LogP contribution < -0.4 is 5.32 Å². The number of nitrogens with zero attached hydrogens (tertiary/aromatic N) is 2. The van der Waals surface area contributed by atoms with E-state index in [2.05, 4.69) is 10.3 Å². The summed E-state index contributed by atoms with van der Waals surface area (Å²) in [6, 6.07) is 6.02. The first-order valence-corrected chi connectivity index (χ1v) is 7.34. The Kier molecular flexibility index (Phi) is 4.65. The number of aryl methyl sites for hydroxylation is 1. The van der Waals surface area contributed by atoms with Gasteiger partial charge in [-0.3, -0.25) is 4.79 Å². The highest BCUT2D eigenvalue weighted by molar-refractivity contribution is 6.20. The molecule has 0 bridgehead atoms. The van der Waals surface area contributed by atoms with Crippen molar-refractivity contribution in [3.05, 3.63) is 29.6 Å². The number of benzene rings is 1. The topological polar surface area (TPSA) is 46.9 Å². The predicted molar refractivity (Wildman–Crippen MR) is 82.0 cm³/mol. The minimum absolute atomic E-state index is 0.00813. The molecule has 108 valence electrons. The summed E-state index contributed by atoms with van der Waals surface area (Å²) in [6.45, 7) is 6.87. The van der Waals surface area contributed by atoms with E-state index in [-0.39, 0.29) is 17.8 Å². The van der Waals surface area contributed by atoms with Gasteiger partial charge in [0.05, 0.1) is 16.4 Å². The molecule has 0 fully saturated rings. The second-order valence-corrected chi connectivity index (χ2v) is 5.67. The Labute approximate surface area is 124 Å². The van der Waals surface area contributed by atoms with Crippen LogP contribution in [0.3, 0.4) is 0 Å². The number of nitrogens with one attached hydrogen (secondary N) is 1. The molecule has 0 saturated carbocycles. The average Bonchev–Trinajstić information content (AvgIpc) is 2.75. The number of carbonyl (C=O) groups excluding carboxylic acids is 1. The van der Waals surface area contributed by atoms with Crippen molar-refractivity contribution in [3.63, 3.8) is 0 Å². The Morgan fingerprint density at radius 3 is 2.90 bits per heavy atom. The molecular formula is C15H20ClN3O. The van der Waals surface area contributed by atoms with Crippen LogP contribution in [0.15, 0.2) is 18.2 Å². The molecule has 5 heteroatoms. The van der Waals surface area contributed by atoms with E-state index in [1.807, 2.05) is 43.5 Å². The molecule has 2 rings (SSSR count). The third kappa shape index (κ3) is 3.12. The van der Waals surface area contributed by atoms with E-state index < -0.39 is 0 Å². The summed E-state index contributed by atoms with van der Waals surface area (Å²) >= 11 is 6.19. The summed E-state index contributed by atoms with van der Waals surface area (Å²) in [5.74, 6) is 0.727. The van der Waals surface area contributed by atoms with Crippen molar-refractivity contribution in [2.24, 2.45) is 0 Å². The number of hydrogen-bond donors (Lipinski definition) is 1. The van der Waals surface area contributed by atoms with E-state index in [4.69, 9.17) is 11.6 Å². The van der Waals surface area contributed by atoms with Crippen LogP contribution in [0.1, 0.15) is 37.0 Å². The number of carbonyl (C=O) groups is 1. The van der Waals surface area contributed by atoms with E-state index in [0.29, 0.717) is 6.54 Å². The van der Waals surface area contributed by atoms with E-state index in [1.54, 1.807) is 0 Å². The van der Waals surface area contributed by atoms with Gasteiger partial charge in [0.15, 0.2) is 0 Å². The maximum absolute atomic E-state index is 12.0. The van der Waals surface area contributed by atoms with Crippen molar-refractivity contribution in [1.82, 2.24) is 14.9 Å². The normalized spacial score (nSPS) is 12.6. The first-order valence-electron chi connectivity index (χ1n) is 6.90. The largest absolute Gasteiger partial charge is 0.355 e. The van der Waals surface area contributed by atoms with Gasteiger partial charge in [-0.05, 0) is 38.0 Å². The zero-order valence-corrected chi connectivity index (χ0v) is 12.9. The second-order valence-electron chi connectivity index (χ2n) is 5.01. The Bertz CT molecular complexity index is 619. The molecule has 0 radical (unpaired) electrons.